The third kappa shape index (κ3) is 3.64. The van der Waals surface area contributed by atoms with E-state index in [1.165, 1.54) is 11.9 Å². The van der Waals surface area contributed by atoms with Crippen molar-refractivity contribution in [3.63, 3.8) is 0 Å². The Hall–Kier alpha value is -1.75. The molecule has 2 rings (SSSR count). The van der Waals surface area contributed by atoms with Crippen molar-refractivity contribution in [2.24, 2.45) is 0 Å². The molecular formula is C12H17N5. The fourth-order valence-electron chi connectivity index (χ4n) is 1.46. The first-order valence-corrected chi connectivity index (χ1v) is 5.73. The highest BCUT2D eigenvalue weighted by Crippen LogP contribution is 2.02. The molecule has 2 aromatic rings. The quantitative estimate of drug-likeness (QED) is 0.840. The van der Waals surface area contributed by atoms with Crippen LogP contribution in [0.1, 0.15) is 25.1 Å². The third-order valence-corrected chi connectivity index (χ3v) is 2.39. The average Bonchev–Trinajstić information content (AvgIpc) is 2.81. The minimum atomic E-state index is 0.491. The van der Waals surface area contributed by atoms with Crippen molar-refractivity contribution in [3.8, 4) is 0 Å². The molecule has 0 aliphatic heterocycles. The van der Waals surface area contributed by atoms with Gasteiger partial charge in [-0.25, -0.2) is 9.67 Å². The summed E-state index contributed by atoms with van der Waals surface area (Å²) in [6.45, 7) is 5.78. The molecule has 2 aromatic heterocycles. The number of hydrogen-bond acceptors (Lipinski definition) is 4. The molecule has 0 radical (unpaired) electrons. The maximum absolute atomic E-state index is 4.40. The molecule has 0 saturated carbocycles. The van der Waals surface area contributed by atoms with Crippen molar-refractivity contribution >= 4 is 0 Å². The molecule has 0 amide bonds. The first kappa shape index (κ1) is 11.7. The highest BCUT2D eigenvalue weighted by molar-refractivity contribution is 5.14. The number of nitrogens with one attached hydrogen (secondary N) is 1. The summed E-state index contributed by atoms with van der Waals surface area (Å²) >= 11 is 0. The van der Waals surface area contributed by atoms with Crippen LogP contribution in [0.3, 0.4) is 0 Å². The van der Waals surface area contributed by atoms with E-state index in [0.29, 0.717) is 12.6 Å². The van der Waals surface area contributed by atoms with E-state index in [-0.39, 0.29) is 0 Å². The second-order valence-corrected chi connectivity index (χ2v) is 4.29. The number of rotatable bonds is 5. The highest BCUT2D eigenvalue weighted by Gasteiger charge is 1.99. The molecule has 0 fully saturated rings. The zero-order valence-corrected chi connectivity index (χ0v) is 10.2. The number of pyridine rings is 1. The first-order chi connectivity index (χ1) is 8.24. The van der Waals surface area contributed by atoms with E-state index in [2.05, 4.69) is 40.3 Å². The predicted octanol–water partition coefficient (Wildman–Crippen LogP) is 1.22. The molecule has 0 saturated heterocycles. The van der Waals surface area contributed by atoms with Crippen LogP contribution in [0.4, 0.5) is 0 Å². The van der Waals surface area contributed by atoms with Gasteiger partial charge in [0.1, 0.15) is 12.7 Å². The SMILES string of the molecule is CC(C)NCc1ccc(Cn2cncn2)nc1. The zero-order chi connectivity index (χ0) is 12.1. The van der Waals surface area contributed by atoms with Crippen LogP contribution in [-0.2, 0) is 13.1 Å². The minimum absolute atomic E-state index is 0.491. The lowest BCUT2D eigenvalue weighted by Gasteiger charge is -2.08. The van der Waals surface area contributed by atoms with Crippen molar-refractivity contribution in [3.05, 3.63) is 42.2 Å². The molecule has 5 nitrogen and oxygen atoms in total. The molecule has 5 heteroatoms. The Morgan fingerprint density at radius 2 is 2.24 bits per heavy atom. The van der Waals surface area contributed by atoms with Crippen molar-refractivity contribution in [1.82, 2.24) is 25.1 Å². The molecule has 0 bridgehead atoms. The lowest BCUT2D eigenvalue weighted by Crippen LogP contribution is -2.21. The van der Waals surface area contributed by atoms with Crippen molar-refractivity contribution < 1.29 is 0 Å². The van der Waals surface area contributed by atoms with Gasteiger partial charge in [0.2, 0.25) is 0 Å². The summed E-state index contributed by atoms with van der Waals surface area (Å²) in [6, 6.07) is 4.61. The van der Waals surface area contributed by atoms with E-state index in [4.69, 9.17) is 0 Å². The van der Waals surface area contributed by atoms with Crippen LogP contribution in [-0.4, -0.2) is 25.8 Å². The lowest BCUT2D eigenvalue weighted by molar-refractivity contribution is 0.587. The van der Waals surface area contributed by atoms with Crippen LogP contribution in [0.15, 0.2) is 31.0 Å². The fourth-order valence-corrected chi connectivity index (χ4v) is 1.46. The summed E-state index contributed by atoms with van der Waals surface area (Å²) in [5.74, 6) is 0. The normalized spacial score (nSPS) is 11.0. The maximum Gasteiger partial charge on any atom is 0.137 e. The number of nitrogens with zero attached hydrogens (tertiary/aromatic N) is 4. The lowest BCUT2D eigenvalue weighted by atomic mass is 10.2. The molecular weight excluding hydrogens is 214 g/mol. The molecule has 0 spiro atoms. The van der Waals surface area contributed by atoms with Crippen LogP contribution in [0.25, 0.3) is 0 Å². The number of hydrogen-bond donors (Lipinski definition) is 1. The van der Waals surface area contributed by atoms with Gasteiger partial charge in [-0.3, -0.25) is 4.98 Å². The first-order valence-electron chi connectivity index (χ1n) is 5.73. The molecule has 17 heavy (non-hydrogen) atoms. The van der Waals surface area contributed by atoms with Crippen molar-refractivity contribution in [1.29, 1.82) is 0 Å². The van der Waals surface area contributed by atoms with Gasteiger partial charge in [-0.05, 0) is 11.6 Å². The Labute approximate surface area is 101 Å². The Morgan fingerprint density at radius 1 is 1.35 bits per heavy atom. The minimum Gasteiger partial charge on any atom is -0.310 e. The van der Waals surface area contributed by atoms with Crippen molar-refractivity contribution in [2.45, 2.75) is 33.0 Å². The van der Waals surface area contributed by atoms with Crippen LogP contribution >= 0.6 is 0 Å². The van der Waals surface area contributed by atoms with E-state index in [0.717, 1.165) is 12.2 Å². The topological polar surface area (TPSA) is 55.6 Å². The molecule has 0 aliphatic rings. The molecule has 1 N–H and O–H groups in total. The van der Waals surface area contributed by atoms with Gasteiger partial charge in [0, 0.05) is 18.8 Å². The van der Waals surface area contributed by atoms with Gasteiger partial charge in [0.25, 0.3) is 0 Å². The van der Waals surface area contributed by atoms with E-state index >= 15 is 0 Å². The predicted molar refractivity (Wildman–Crippen MR) is 65.3 cm³/mol. The van der Waals surface area contributed by atoms with E-state index in [1.54, 1.807) is 11.0 Å². The Kier molecular flexibility index (Phi) is 3.82. The Morgan fingerprint density at radius 3 is 2.82 bits per heavy atom. The zero-order valence-electron chi connectivity index (χ0n) is 10.2. The second-order valence-electron chi connectivity index (χ2n) is 4.29. The standard InChI is InChI=1S/C12H17N5/c1-10(2)14-5-11-3-4-12(15-6-11)7-17-9-13-8-16-17/h3-4,6,8-10,14H,5,7H2,1-2H3. The van der Waals surface area contributed by atoms with Crippen LogP contribution in [0.5, 0.6) is 0 Å². The van der Waals surface area contributed by atoms with Gasteiger partial charge < -0.3 is 5.32 Å². The summed E-state index contributed by atoms with van der Waals surface area (Å²) in [5, 5.41) is 7.41. The van der Waals surface area contributed by atoms with E-state index in [1.807, 2.05) is 12.3 Å². The Bertz CT molecular complexity index is 432. The maximum atomic E-state index is 4.40. The molecule has 90 valence electrons. The van der Waals surface area contributed by atoms with Crippen LogP contribution in [0.2, 0.25) is 0 Å². The molecule has 0 aromatic carbocycles. The van der Waals surface area contributed by atoms with Gasteiger partial charge in [-0.2, -0.15) is 5.10 Å². The second kappa shape index (κ2) is 5.54. The molecule has 0 atom stereocenters. The largest absolute Gasteiger partial charge is 0.310 e. The molecule has 0 unspecified atom stereocenters. The number of aromatic nitrogens is 4. The third-order valence-electron chi connectivity index (χ3n) is 2.39. The summed E-state index contributed by atoms with van der Waals surface area (Å²) in [5.41, 5.74) is 2.19. The monoisotopic (exact) mass is 231 g/mol. The van der Waals surface area contributed by atoms with Gasteiger partial charge in [0.15, 0.2) is 0 Å². The summed E-state index contributed by atoms with van der Waals surface area (Å²) in [7, 11) is 0. The van der Waals surface area contributed by atoms with Gasteiger partial charge in [-0.15, -0.1) is 0 Å². The van der Waals surface area contributed by atoms with Gasteiger partial charge in [-0.1, -0.05) is 19.9 Å². The Balaban J connectivity index is 1.93. The smallest absolute Gasteiger partial charge is 0.137 e. The van der Waals surface area contributed by atoms with Crippen LogP contribution in [0, 0.1) is 0 Å². The van der Waals surface area contributed by atoms with E-state index in [9.17, 15) is 0 Å². The average molecular weight is 231 g/mol. The van der Waals surface area contributed by atoms with Gasteiger partial charge >= 0.3 is 0 Å². The summed E-state index contributed by atoms with van der Waals surface area (Å²) in [6.07, 6.45) is 5.12. The van der Waals surface area contributed by atoms with Crippen LogP contribution < -0.4 is 5.32 Å². The fraction of sp³-hybridized carbons (Fsp3) is 0.417. The highest BCUT2D eigenvalue weighted by atomic mass is 15.3. The summed E-state index contributed by atoms with van der Waals surface area (Å²) in [4.78, 5) is 8.30. The van der Waals surface area contributed by atoms with E-state index < -0.39 is 0 Å². The summed E-state index contributed by atoms with van der Waals surface area (Å²) < 4.78 is 1.76. The molecule has 0 aliphatic carbocycles. The van der Waals surface area contributed by atoms with Gasteiger partial charge in [0.05, 0.1) is 12.2 Å². The van der Waals surface area contributed by atoms with Crippen molar-refractivity contribution in [2.75, 3.05) is 0 Å². The molecule has 2 heterocycles.